The summed E-state index contributed by atoms with van der Waals surface area (Å²) in [5.41, 5.74) is 1.66. The average Bonchev–Trinajstić information content (AvgIpc) is 2.19. The van der Waals surface area contributed by atoms with Gasteiger partial charge in [-0.2, -0.15) is 0 Å². The molecular formula is C9H19NO4Si. The number of hydrogen-bond donors (Lipinski definition) is 1. The van der Waals surface area contributed by atoms with Gasteiger partial charge < -0.3 is 18.6 Å². The zero-order chi connectivity index (χ0) is 11.6. The molecule has 0 radical (unpaired) electrons. The summed E-state index contributed by atoms with van der Waals surface area (Å²) in [5, 5.41) is 2.41. The second-order valence-corrected chi connectivity index (χ2v) is 4.93. The molecule has 0 unspecified atom stereocenters. The van der Waals surface area contributed by atoms with Crippen molar-refractivity contribution in [2.45, 2.75) is 20.8 Å². The highest BCUT2D eigenvalue weighted by molar-refractivity contribution is 6.66. The van der Waals surface area contributed by atoms with E-state index in [1.807, 2.05) is 20.8 Å². The molecule has 0 aliphatic heterocycles. The fourth-order valence-electron chi connectivity index (χ4n) is 1.06. The molecule has 6 heteroatoms. The van der Waals surface area contributed by atoms with Crippen molar-refractivity contribution in [1.82, 2.24) is 5.32 Å². The molecule has 0 bridgehead atoms. The van der Waals surface area contributed by atoms with Crippen LogP contribution in [0, 0.1) is 0 Å². The number of hydrogen-bond acceptors (Lipinski definition) is 4. The first kappa shape index (κ1) is 14.3. The van der Waals surface area contributed by atoms with Crippen molar-refractivity contribution in [3.8, 4) is 0 Å². The minimum absolute atomic E-state index is 0.512. The second kappa shape index (κ2) is 8.60. The van der Waals surface area contributed by atoms with E-state index in [-0.39, 0.29) is 0 Å². The van der Waals surface area contributed by atoms with Crippen LogP contribution in [0.25, 0.3) is 0 Å². The Morgan fingerprint density at radius 1 is 1.07 bits per heavy atom. The molecule has 0 heterocycles. The van der Waals surface area contributed by atoms with E-state index in [0.29, 0.717) is 26.2 Å². The number of carbonyl (C=O) groups is 1. The third kappa shape index (κ3) is 5.68. The maximum Gasteiger partial charge on any atom is 0.531 e. The summed E-state index contributed by atoms with van der Waals surface area (Å²) in [5.74, 6) is 0. The van der Waals surface area contributed by atoms with Gasteiger partial charge in [-0.05, 0) is 20.8 Å². The van der Waals surface area contributed by atoms with Crippen LogP contribution >= 0.6 is 0 Å². The Labute approximate surface area is 91.8 Å². The van der Waals surface area contributed by atoms with E-state index in [0.717, 1.165) is 0 Å². The van der Waals surface area contributed by atoms with Crippen LogP contribution in [0.3, 0.4) is 0 Å². The molecule has 1 N–H and O–H groups in total. The molecule has 0 spiro atoms. The molecule has 0 aromatic heterocycles. The standard InChI is InChI=1S/C9H19NO4Si/c1-4-12-15(13-5-2,14-6-3)8-7-10-9-11/h7-9H,4-6H2,1-3H3,(H,10,11)/b8-7+. The van der Waals surface area contributed by atoms with E-state index in [2.05, 4.69) is 5.32 Å². The van der Waals surface area contributed by atoms with Gasteiger partial charge in [0.2, 0.25) is 6.41 Å². The third-order valence-electron chi connectivity index (χ3n) is 1.49. The van der Waals surface area contributed by atoms with E-state index in [1.165, 1.54) is 6.20 Å². The van der Waals surface area contributed by atoms with E-state index < -0.39 is 8.80 Å². The molecule has 0 aromatic carbocycles. The normalized spacial score (nSPS) is 11.9. The van der Waals surface area contributed by atoms with Crippen LogP contribution < -0.4 is 5.32 Å². The van der Waals surface area contributed by atoms with Crippen LogP contribution in [0.15, 0.2) is 11.9 Å². The molecule has 1 amide bonds. The Bertz CT molecular complexity index is 182. The number of carbonyl (C=O) groups excluding carboxylic acids is 1. The summed E-state index contributed by atoms with van der Waals surface area (Å²) in [6, 6.07) is 0. The van der Waals surface area contributed by atoms with Gasteiger partial charge in [0.15, 0.2) is 0 Å². The predicted molar refractivity (Wildman–Crippen MR) is 59.0 cm³/mol. The molecular weight excluding hydrogens is 214 g/mol. The highest BCUT2D eigenvalue weighted by Crippen LogP contribution is 2.11. The van der Waals surface area contributed by atoms with Gasteiger partial charge >= 0.3 is 8.80 Å². The third-order valence-corrected chi connectivity index (χ3v) is 4.14. The number of amides is 1. The van der Waals surface area contributed by atoms with E-state index in [1.54, 1.807) is 5.70 Å². The second-order valence-electron chi connectivity index (χ2n) is 2.52. The van der Waals surface area contributed by atoms with Gasteiger partial charge in [-0.1, -0.05) is 0 Å². The zero-order valence-corrected chi connectivity index (χ0v) is 10.5. The molecule has 0 aliphatic rings. The van der Waals surface area contributed by atoms with Gasteiger partial charge in [0.1, 0.15) is 0 Å². The van der Waals surface area contributed by atoms with E-state index in [9.17, 15) is 4.79 Å². The van der Waals surface area contributed by atoms with Crippen molar-refractivity contribution < 1.29 is 18.1 Å². The first-order chi connectivity index (χ1) is 7.24. The zero-order valence-electron chi connectivity index (χ0n) is 9.49. The molecule has 0 aliphatic carbocycles. The molecule has 0 aromatic rings. The summed E-state index contributed by atoms with van der Waals surface area (Å²) in [6.07, 6.45) is 2.07. The van der Waals surface area contributed by atoms with Gasteiger partial charge in [0.05, 0.1) is 0 Å². The first-order valence-corrected chi connectivity index (χ1v) is 6.84. The van der Waals surface area contributed by atoms with Gasteiger partial charge in [-0.3, -0.25) is 4.79 Å². The molecule has 0 saturated carbocycles. The molecule has 0 rings (SSSR count). The lowest BCUT2D eigenvalue weighted by atomic mass is 10.9. The quantitative estimate of drug-likeness (QED) is 0.473. The van der Waals surface area contributed by atoms with Crippen molar-refractivity contribution in [1.29, 1.82) is 0 Å². The summed E-state index contributed by atoms with van der Waals surface area (Å²) in [4.78, 5) is 10.1. The van der Waals surface area contributed by atoms with Gasteiger partial charge in [0, 0.05) is 31.7 Å². The minimum Gasteiger partial charge on any atom is -0.371 e. The maximum absolute atomic E-state index is 10.1. The maximum atomic E-state index is 10.1. The van der Waals surface area contributed by atoms with Crippen LogP contribution in [-0.2, 0) is 18.1 Å². The fraction of sp³-hybridized carbons (Fsp3) is 0.667. The lowest BCUT2D eigenvalue weighted by Crippen LogP contribution is -2.44. The molecule has 0 atom stereocenters. The highest BCUT2D eigenvalue weighted by Gasteiger charge is 2.37. The van der Waals surface area contributed by atoms with Crippen LogP contribution in [0.1, 0.15) is 20.8 Å². The van der Waals surface area contributed by atoms with Crippen molar-refractivity contribution >= 4 is 15.2 Å². The average molecular weight is 233 g/mol. The Hall–Kier alpha value is -0.693. The lowest BCUT2D eigenvalue weighted by molar-refractivity contribution is -0.108. The molecule has 0 saturated heterocycles. The fourth-order valence-corrected chi connectivity index (χ4v) is 3.11. The largest absolute Gasteiger partial charge is 0.531 e. The smallest absolute Gasteiger partial charge is 0.371 e. The van der Waals surface area contributed by atoms with E-state index in [4.69, 9.17) is 13.3 Å². The SMILES string of the molecule is CCO[Si](/C=C/NC=O)(OCC)OCC. The van der Waals surface area contributed by atoms with Gasteiger partial charge in [0.25, 0.3) is 0 Å². The van der Waals surface area contributed by atoms with Gasteiger partial charge in [-0.15, -0.1) is 0 Å². The summed E-state index contributed by atoms with van der Waals surface area (Å²) in [6.45, 7) is 7.16. The summed E-state index contributed by atoms with van der Waals surface area (Å²) >= 11 is 0. The number of nitrogens with one attached hydrogen (secondary N) is 1. The molecule has 15 heavy (non-hydrogen) atoms. The Morgan fingerprint density at radius 2 is 1.53 bits per heavy atom. The van der Waals surface area contributed by atoms with Crippen LogP contribution in [0.4, 0.5) is 0 Å². The minimum atomic E-state index is -2.73. The van der Waals surface area contributed by atoms with Gasteiger partial charge in [-0.25, -0.2) is 0 Å². The van der Waals surface area contributed by atoms with Crippen molar-refractivity contribution in [3.05, 3.63) is 11.9 Å². The molecule has 88 valence electrons. The Kier molecular flexibility index (Phi) is 8.20. The highest BCUT2D eigenvalue weighted by atomic mass is 28.4. The summed E-state index contributed by atoms with van der Waals surface area (Å²) in [7, 11) is -2.73. The number of rotatable bonds is 9. The Morgan fingerprint density at radius 3 is 1.87 bits per heavy atom. The lowest BCUT2D eigenvalue weighted by Gasteiger charge is -2.24. The molecule has 5 nitrogen and oxygen atoms in total. The van der Waals surface area contributed by atoms with E-state index >= 15 is 0 Å². The summed E-state index contributed by atoms with van der Waals surface area (Å²) < 4.78 is 16.5. The van der Waals surface area contributed by atoms with Crippen molar-refractivity contribution in [3.63, 3.8) is 0 Å². The van der Waals surface area contributed by atoms with Crippen LogP contribution in [0.2, 0.25) is 0 Å². The first-order valence-electron chi connectivity index (χ1n) is 5.03. The van der Waals surface area contributed by atoms with Crippen molar-refractivity contribution in [2.24, 2.45) is 0 Å². The topological polar surface area (TPSA) is 56.8 Å². The van der Waals surface area contributed by atoms with Crippen molar-refractivity contribution in [2.75, 3.05) is 19.8 Å². The monoisotopic (exact) mass is 233 g/mol. The molecule has 0 fully saturated rings. The van der Waals surface area contributed by atoms with Crippen LogP contribution in [0.5, 0.6) is 0 Å². The Balaban J connectivity index is 4.51. The van der Waals surface area contributed by atoms with Crippen LogP contribution in [-0.4, -0.2) is 35.0 Å². The predicted octanol–water partition coefficient (Wildman–Crippen LogP) is 0.834.